The van der Waals surface area contributed by atoms with Crippen LogP contribution >= 0.6 is 0 Å². The second-order valence-electron chi connectivity index (χ2n) is 5.33. The van der Waals surface area contributed by atoms with Crippen LogP contribution in [-0.2, 0) is 10.2 Å². The van der Waals surface area contributed by atoms with E-state index in [1.807, 2.05) is 0 Å². The first-order valence-electron chi connectivity index (χ1n) is 7.05. The van der Waals surface area contributed by atoms with E-state index in [0.29, 0.717) is 16.5 Å². The van der Waals surface area contributed by atoms with Crippen LogP contribution in [0.5, 0.6) is 0 Å². The molecule has 1 aromatic heterocycles. The van der Waals surface area contributed by atoms with Crippen molar-refractivity contribution in [1.82, 2.24) is 14.2 Å². The molecule has 3 N–H and O–H groups in total. The first-order valence-corrected chi connectivity index (χ1v) is 8.56. The molecule has 122 valence electrons. The second kappa shape index (κ2) is 5.76. The Hall–Kier alpha value is -2.23. The van der Waals surface area contributed by atoms with Crippen molar-refractivity contribution in [1.29, 1.82) is 0 Å². The van der Waals surface area contributed by atoms with Gasteiger partial charge in [0.1, 0.15) is 0 Å². The van der Waals surface area contributed by atoms with Gasteiger partial charge in [0, 0.05) is 43.1 Å². The van der Waals surface area contributed by atoms with Crippen LogP contribution in [0.3, 0.4) is 0 Å². The average Bonchev–Trinajstić information content (AvgIpc) is 2.52. The van der Waals surface area contributed by atoms with Crippen LogP contribution in [0.1, 0.15) is 10.4 Å². The molecule has 8 nitrogen and oxygen atoms in total. The highest BCUT2D eigenvalue weighted by atomic mass is 32.2. The monoisotopic (exact) mass is 336 g/mol. The summed E-state index contributed by atoms with van der Waals surface area (Å²) in [5, 5.41) is 5.74. The molecule has 1 fully saturated rings. The standard InChI is InChI=1S/C14H16N4O4S/c15-23(21,22)18-7-5-17(6-8-18)14(20)11-9-13(19)16-12-4-2-1-3-10(11)12/h1-4,9H,5-8H2,(H,16,19)(H2,15,21,22). The van der Waals surface area contributed by atoms with E-state index in [9.17, 15) is 18.0 Å². The van der Waals surface area contributed by atoms with Crippen molar-refractivity contribution >= 4 is 27.0 Å². The molecular formula is C14H16N4O4S. The van der Waals surface area contributed by atoms with E-state index in [-0.39, 0.29) is 37.6 Å². The maximum absolute atomic E-state index is 12.7. The highest BCUT2D eigenvalue weighted by Crippen LogP contribution is 2.17. The maximum Gasteiger partial charge on any atom is 0.277 e. The Morgan fingerprint density at radius 2 is 1.78 bits per heavy atom. The molecule has 2 heterocycles. The summed E-state index contributed by atoms with van der Waals surface area (Å²) in [6, 6.07) is 8.33. The zero-order valence-electron chi connectivity index (χ0n) is 12.2. The number of H-pyrrole nitrogens is 1. The fourth-order valence-corrected chi connectivity index (χ4v) is 3.37. The van der Waals surface area contributed by atoms with Crippen LogP contribution in [0, 0.1) is 0 Å². The lowest BCUT2D eigenvalue weighted by molar-refractivity contribution is 0.0699. The van der Waals surface area contributed by atoms with E-state index < -0.39 is 10.2 Å². The van der Waals surface area contributed by atoms with Crippen LogP contribution < -0.4 is 10.7 Å². The highest BCUT2D eigenvalue weighted by Gasteiger charge is 2.27. The third-order valence-electron chi connectivity index (χ3n) is 3.87. The van der Waals surface area contributed by atoms with Gasteiger partial charge in [-0.15, -0.1) is 0 Å². The van der Waals surface area contributed by atoms with Gasteiger partial charge in [-0.25, -0.2) is 5.14 Å². The first-order chi connectivity index (χ1) is 10.9. The van der Waals surface area contributed by atoms with Crippen molar-refractivity contribution in [3.63, 3.8) is 0 Å². The molecule has 3 rings (SSSR count). The summed E-state index contributed by atoms with van der Waals surface area (Å²) in [5.41, 5.74) is 0.551. The number of piperazine rings is 1. The molecule has 1 amide bonds. The Balaban J connectivity index is 1.89. The van der Waals surface area contributed by atoms with Gasteiger partial charge in [-0.2, -0.15) is 12.7 Å². The van der Waals surface area contributed by atoms with Crippen molar-refractivity contribution < 1.29 is 13.2 Å². The topological polar surface area (TPSA) is 117 Å². The summed E-state index contributed by atoms with van der Waals surface area (Å²) in [6.07, 6.45) is 0. The van der Waals surface area contributed by atoms with Gasteiger partial charge in [0.2, 0.25) is 5.56 Å². The van der Waals surface area contributed by atoms with Crippen LogP contribution in [0.2, 0.25) is 0 Å². The Kier molecular flexibility index (Phi) is 3.92. The van der Waals surface area contributed by atoms with Crippen molar-refractivity contribution in [2.24, 2.45) is 5.14 Å². The smallest absolute Gasteiger partial charge is 0.277 e. The molecule has 1 aliphatic heterocycles. The number of hydrogen-bond acceptors (Lipinski definition) is 4. The molecule has 0 atom stereocenters. The number of nitrogens with zero attached hydrogens (tertiary/aromatic N) is 2. The van der Waals surface area contributed by atoms with Gasteiger partial charge in [0.25, 0.3) is 16.1 Å². The highest BCUT2D eigenvalue weighted by molar-refractivity contribution is 7.86. The van der Waals surface area contributed by atoms with Gasteiger partial charge < -0.3 is 9.88 Å². The third-order valence-corrected chi connectivity index (χ3v) is 4.95. The number of rotatable bonds is 2. The number of carbonyl (C=O) groups excluding carboxylic acids is 1. The normalized spacial score (nSPS) is 16.7. The molecule has 1 aromatic carbocycles. The summed E-state index contributed by atoms with van der Waals surface area (Å²) in [7, 11) is -3.74. The Morgan fingerprint density at radius 3 is 2.43 bits per heavy atom. The van der Waals surface area contributed by atoms with Crippen molar-refractivity contribution in [3.8, 4) is 0 Å². The minimum atomic E-state index is -3.74. The molecule has 0 saturated carbocycles. The summed E-state index contributed by atoms with van der Waals surface area (Å²) >= 11 is 0. The molecule has 1 aliphatic rings. The summed E-state index contributed by atoms with van der Waals surface area (Å²) < 4.78 is 23.7. The van der Waals surface area contributed by atoms with Crippen LogP contribution in [0.4, 0.5) is 0 Å². The fraction of sp³-hybridized carbons (Fsp3) is 0.286. The molecule has 0 radical (unpaired) electrons. The number of fused-ring (bicyclic) bond motifs is 1. The number of nitrogens with one attached hydrogen (secondary N) is 1. The van der Waals surface area contributed by atoms with Crippen molar-refractivity contribution in [2.45, 2.75) is 0 Å². The molecule has 0 unspecified atom stereocenters. The molecule has 1 saturated heterocycles. The maximum atomic E-state index is 12.7. The number of para-hydroxylation sites is 1. The molecular weight excluding hydrogens is 320 g/mol. The van der Waals surface area contributed by atoms with Crippen LogP contribution in [-0.4, -0.2) is 54.7 Å². The lowest BCUT2D eigenvalue weighted by Gasteiger charge is -2.33. The summed E-state index contributed by atoms with van der Waals surface area (Å²) in [6.45, 7) is 0.754. The van der Waals surface area contributed by atoms with E-state index in [0.717, 1.165) is 4.31 Å². The van der Waals surface area contributed by atoms with E-state index in [1.54, 1.807) is 24.3 Å². The zero-order chi connectivity index (χ0) is 16.6. The summed E-state index contributed by atoms with van der Waals surface area (Å²) in [4.78, 5) is 28.7. The number of nitrogens with two attached hydrogens (primary N) is 1. The van der Waals surface area contributed by atoms with E-state index in [4.69, 9.17) is 5.14 Å². The van der Waals surface area contributed by atoms with Gasteiger partial charge >= 0.3 is 0 Å². The van der Waals surface area contributed by atoms with Crippen molar-refractivity contribution in [3.05, 3.63) is 46.2 Å². The minimum Gasteiger partial charge on any atom is -0.336 e. The summed E-state index contributed by atoms with van der Waals surface area (Å²) in [5.74, 6) is -0.290. The first kappa shape index (κ1) is 15.7. The zero-order valence-corrected chi connectivity index (χ0v) is 13.0. The number of pyridine rings is 1. The number of aromatic nitrogens is 1. The van der Waals surface area contributed by atoms with Gasteiger partial charge in [-0.05, 0) is 6.07 Å². The van der Waals surface area contributed by atoms with Crippen molar-refractivity contribution in [2.75, 3.05) is 26.2 Å². The van der Waals surface area contributed by atoms with Gasteiger partial charge in [0.05, 0.1) is 5.56 Å². The molecule has 9 heteroatoms. The Bertz CT molecular complexity index is 914. The van der Waals surface area contributed by atoms with Crippen LogP contribution in [0.25, 0.3) is 10.9 Å². The van der Waals surface area contributed by atoms with Crippen LogP contribution in [0.15, 0.2) is 35.1 Å². The predicted octanol–water partition coefficient (Wildman–Crippen LogP) is -0.511. The van der Waals surface area contributed by atoms with E-state index >= 15 is 0 Å². The number of benzene rings is 1. The largest absolute Gasteiger partial charge is 0.336 e. The average molecular weight is 336 g/mol. The van der Waals surface area contributed by atoms with E-state index in [2.05, 4.69) is 4.98 Å². The van der Waals surface area contributed by atoms with E-state index in [1.165, 1.54) is 11.0 Å². The Labute approximate surface area is 132 Å². The lowest BCUT2D eigenvalue weighted by atomic mass is 10.1. The van der Waals surface area contributed by atoms with Gasteiger partial charge in [0.15, 0.2) is 0 Å². The predicted molar refractivity (Wildman–Crippen MR) is 85.2 cm³/mol. The van der Waals surface area contributed by atoms with Gasteiger partial charge in [-0.1, -0.05) is 18.2 Å². The fourth-order valence-electron chi connectivity index (χ4n) is 2.70. The number of amides is 1. The number of hydrogen-bond donors (Lipinski definition) is 2. The second-order valence-corrected chi connectivity index (χ2v) is 6.88. The van der Waals surface area contributed by atoms with Gasteiger partial charge in [-0.3, -0.25) is 9.59 Å². The quantitative estimate of drug-likeness (QED) is 0.768. The molecule has 0 spiro atoms. The number of carbonyl (C=O) groups is 1. The SMILES string of the molecule is NS(=O)(=O)N1CCN(C(=O)c2cc(=O)[nH]c3ccccc23)CC1. The molecule has 23 heavy (non-hydrogen) atoms. The Morgan fingerprint density at radius 1 is 1.13 bits per heavy atom. The molecule has 0 aliphatic carbocycles. The number of aromatic amines is 1. The third kappa shape index (κ3) is 3.11. The molecule has 0 bridgehead atoms. The molecule has 2 aromatic rings. The minimum absolute atomic E-state index is 0.145. The lowest BCUT2D eigenvalue weighted by Crippen LogP contribution is -2.52.